The first-order chi connectivity index (χ1) is 17.3. The molecular formula is C29H26N2O3S2. The standard InChI is InChI=1S/C29H26N2O3S2/c1-19-11-12-20(2)27(17-19)31-36(33,34)22-15-13-21(14-16-22)30-28(32)18-35-29-25-9-5-3-7-23(25)24-8-4-6-10-26(24)29/h3-17,29,31H,18H2,1-2H3,(H,30,32). The molecule has 0 unspecified atom stereocenters. The van der Waals surface area contributed by atoms with E-state index in [4.69, 9.17) is 0 Å². The van der Waals surface area contributed by atoms with Gasteiger partial charge in [-0.05, 0) is 77.6 Å². The predicted molar refractivity (Wildman–Crippen MR) is 148 cm³/mol. The summed E-state index contributed by atoms with van der Waals surface area (Å²) in [7, 11) is -3.74. The van der Waals surface area contributed by atoms with Crippen molar-refractivity contribution < 1.29 is 13.2 Å². The highest BCUT2D eigenvalue weighted by Crippen LogP contribution is 2.49. The van der Waals surface area contributed by atoms with Gasteiger partial charge in [0.15, 0.2) is 0 Å². The molecule has 0 bridgehead atoms. The lowest BCUT2D eigenvalue weighted by Crippen LogP contribution is -2.16. The van der Waals surface area contributed by atoms with Gasteiger partial charge in [-0.15, -0.1) is 11.8 Å². The highest BCUT2D eigenvalue weighted by molar-refractivity contribution is 8.00. The number of anilines is 2. The molecule has 2 N–H and O–H groups in total. The van der Waals surface area contributed by atoms with E-state index in [1.807, 2.05) is 50.2 Å². The average Bonchev–Trinajstić information content (AvgIpc) is 3.19. The summed E-state index contributed by atoms with van der Waals surface area (Å²) in [4.78, 5) is 12.9. The number of hydrogen-bond donors (Lipinski definition) is 2. The quantitative estimate of drug-likeness (QED) is 0.293. The predicted octanol–water partition coefficient (Wildman–Crippen LogP) is 6.55. The summed E-state index contributed by atoms with van der Waals surface area (Å²) in [5.74, 6) is 0.146. The van der Waals surface area contributed by atoms with Gasteiger partial charge in [0.1, 0.15) is 0 Å². The van der Waals surface area contributed by atoms with Crippen molar-refractivity contribution in [1.29, 1.82) is 0 Å². The first-order valence-electron chi connectivity index (χ1n) is 11.6. The highest BCUT2D eigenvalue weighted by atomic mass is 32.2. The second kappa shape index (κ2) is 9.84. The Labute approximate surface area is 216 Å². The van der Waals surface area contributed by atoms with Crippen LogP contribution in [0.15, 0.2) is 95.9 Å². The number of benzene rings is 4. The molecule has 7 heteroatoms. The Morgan fingerprint density at radius 1 is 0.833 bits per heavy atom. The van der Waals surface area contributed by atoms with Crippen LogP contribution in [0.4, 0.5) is 11.4 Å². The topological polar surface area (TPSA) is 75.3 Å². The molecule has 36 heavy (non-hydrogen) atoms. The Balaban J connectivity index is 1.23. The Morgan fingerprint density at radius 3 is 2.08 bits per heavy atom. The van der Waals surface area contributed by atoms with Gasteiger partial charge in [-0.25, -0.2) is 8.42 Å². The van der Waals surface area contributed by atoms with Crippen molar-refractivity contribution in [2.45, 2.75) is 24.0 Å². The molecule has 1 aliphatic carbocycles. The van der Waals surface area contributed by atoms with Crippen LogP contribution in [0.2, 0.25) is 0 Å². The summed E-state index contributed by atoms with van der Waals surface area (Å²) in [5, 5.41) is 2.99. The van der Waals surface area contributed by atoms with E-state index in [9.17, 15) is 13.2 Å². The third kappa shape index (κ3) is 4.90. The Kier molecular flexibility index (Phi) is 6.60. The van der Waals surface area contributed by atoms with Gasteiger partial charge < -0.3 is 5.32 Å². The van der Waals surface area contributed by atoms with Crippen LogP contribution in [-0.4, -0.2) is 20.1 Å². The number of aryl methyl sites for hydroxylation is 2. The van der Waals surface area contributed by atoms with E-state index in [1.165, 1.54) is 34.4 Å². The van der Waals surface area contributed by atoms with E-state index in [1.54, 1.807) is 30.0 Å². The van der Waals surface area contributed by atoms with Crippen molar-refractivity contribution in [3.05, 3.63) is 113 Å². The molecule has 0 saturated carbocycles. The van der Waals surface area contributed by atoms with Gasteiger partial charge in [-0.1, -0.05) is 60.7 Å². The first-order valence-corrected chi connectivity index (χ1v) is 14.1. The molecule has 0 heterocycles. The largest absolute Gasteiger partial charge is 0.325 e. The lowest BCUT2D eigenvalue weighted by molar-refractivity contribution is -0.113. The van der Waals surface area contributed by atoms with E-state index >= 15 is 0 Å². The summed E-state index contributed by atoms with van der Waals surface area (Å²) in [5.41, 5.74) is 7.81. The third-order valence-corrected chi connectivity index (χ3v) is 8.90. The zero-order chi connectivity index (χ0) is 25.3. The fourth-order valence-electron chi connectivity index (χ4n) is 4.41. The molecule has 182 valence electrons. The number of sulfonamides is 1. The van der Waals surface area contributed by atoms with Crippen molar-refractivity contribution in [3.63, 3.8) is 0 Å². The van der Waals surface area contributed by atoms with Crippen LogP contribution in [0.5, 0.6) is 0 Å². The first kappa shape index (κ1) is 24.2. The van der Waals surface area contributed by atoms with E-state index in [-0.39, 0.29) is 21.8 Å². The fraction of sp³-hybridized carbons (Fsp3) is 0.138. The number of carbonyl (C=O) groups is 1. The van der Waals surface area contributed by atoms with Gasteiger partial charge >= 0.3 is 0 Å². The molecule has 0 fully saturated rings. The molecule has 0 spiro atoms. The van der Waals surface area contributed by atoms with Gasteiger partial charge in [-0.3, -0.25) is 9.52 Å². The fourth-order valence-corrected chi connectivity index (χ4v) is 6.69. The van der Waals surface area contributed by atoms with Crippen molar-refractivity contribution in [2.24, 2.45) is 0 Å². The molecule has 5 rings (SSSR count). The summed E-state index contributed by atoms with van der Waals surface area (Å²) in [6.07, 6.45) is 0. The van der Waals surface area contributed by atoms with Crippen molar-refractivity contribution in [1.82, 2.24) is 0 Å². The number of hydrogen-bond acceptors (Lipinski definition) is 4. The second-order valence-electron chi connectivity index (χ2n) is 8.86. The molecule has 4 aromatic carbocycles. The maximum Gasteiger partial charge on any atom is 0.261 e. The van der Waals surface area contributed by atoms with Gasteiger partial charge in [0.2, 0.25) is 5.91 Å². The molecule has 0 radical (unpaired) electrons. The Bertz CT molecular complexity index is 1500. The van der Waals surface area contributed by atoms with Crippen LogP contribution < -0.4 is 10.0 Å². The van der Waals surface area contributed by atoms with Crippen molar-refractivity contribution >= 4 is 39.1 Å². The molecule has 0 aliphatic heterocycles. The minimum Gasteiger partial charge on any atom is -0.325 e. The van der Waals surface area contributed by atoms with Crippen molar-refractivity contribution in [2.75, 3.05) is 15.8 Å². The average molecular weight is 515 g/mol. The van der Waals surface area contributed by atoms with Crippen LogP contribution in [0.3, 0.4) is 0 Å². The number of carbonyl (C=O) groups excluding carboxylic acids is 1. The van der Waals surface area contributed by atoms with E-state index in [2.05, 4.69) is 34.3 Å². The van der Waals surface area contributed by atoms with Crippen LogP contribution in [0, 0.1) is 13.8 Å². The maximum atomic E-state index is 12.8. The third-order valence-electron chi connectivity index (χ3n) is 6.24. The monoisotopic (exact) mass is 514 g/mol. The number of rotatable bonds is 7. The summed E-state index contributed by atoms with van der Waals surface area (Å²) in [6.45, 7) is 3.77. The zero-order valence-electron chi connectivity index (χ0n) is 20.0. The Hall–Kier alpha value is -3.55. The second-order valence-corrected chi connectivity index (χ2v) is 11.6. The molecule has 0 atom stereocenters. The maximum absolute atomic E-state index is 12.8. The zero-order valence-corrected chi connectivity index (χ0v) is 21.6. The van der Waals surface area contributed by atoms with E-state index in [0.717, 1.165) is 11.1 Å². The smallest absolute Gasteiger partial charge is 0.261 e. The number of amides is 1. The van der Waals surface area contributed by atoms with Crippen molar-refractivity contribution in [3.8, 4) is 11.1 Å². The molecule has 1 amide bonds. The molecular weight excluding hydrogens is 488 g/mol. The normalized spacial score (nSPS) is 12.6. The lowest BCUT2D eigenvalue weighted by atomic mass is 10.1. The molecule has 0 saturated heterocycles. The number of nitrogens with one attached hydrogen (secondary N) is 2. The summed E-state index contributed by atoms with van der Waals surface area (Å²) >= 11 is 1.59. The molecule has 1 aliphatic rings. The van der Waals surface area contributed by atoms with Gasteiger partial charge in [0.05, 0.1) is 21.6 Å². The van der Waals surface area contributed by atoms with E-state index in [0.29, 0.717) is 11.4 Å². The van der Waals surface area contributed by atoms with E-state index < -0.39 is 10.0 Å². The minimum atomic E-state index is -3.74. The SMILES string of the molecule is Cc1ccc(C)c(NS(=O)(=O)c2ccc(NC(=O)CSC3c4ccccc4-c4ccccc43)cc2)c1. The summed E-state index contributed by atoms with van der Waals surface area (Å²) in [6, 6.07) is 28.5. The number of thioether (sulfide) groups is 1. The highest BCUT2D eigenvalue weighted by Gasteiger charge is 2.28. The van der Waals surface area contributed by atoms with Crippen LogP contribution in [0.1, 0.15) is 27.5 Å². The molecule has 5 nitrogen and oxygen atoms in total. The van der Waals surface area contributed by atoms with Gasteiger partial charge in [0.25, 0.3) is 10.0 Å². The summed E-state index contributed by atoms with van der Waals surface area (Å²) < 4.78 is 28.3. The lowest BCUT2D eigenvalue weighted by Gasteiger charge is -2.14. The van der Waals surface area contributed by atoms with Gasteiger partial charge in [0, 0.05) is 5.69 Å². The van der Waals surface area contributed by atoms with Crippen LogP contribution in [-0.2, 0) is 14.8 Å². The Morgan fingerprint density at radius 2 is 1.44 bits per heavy atom. The van der Waals surface area contributed by atoms with Crippen LogP contribution >= 0.6 is 11.8 Å². The molecule has 0 aromatic heterocycles. The minimum absolute atomic E-state index is 0.104. The van der Waals surface area contributed by atoms with Gasteiger partial charge in [-0.2, -0.15) is 0 Å². The van der Waals surface area contributed by atoms with Crippen LogP contribution in [0.25, 0.3) is 11.1 Å². The molecule has 4 aromatic rings. The number of fused-ring (bicyclic) bond motifs is 3.